The molecule has 32 heavy (non-hydrogen) atoms. The topological polar surface area (TPSA) is 91.1 Å². The van der Waals surface area contributed by atoms with Crippen molar-refractivity contribution in [3.63, 3.8) is 0 Å². The van der Waals surface area contributed by atoms with E-state index in [-0.39, 0.29) is 22.4 Å². The molecule has 0 bridgehead atoms. The Hall–Kier alpha value is -3.78. The number of carbonyl (C=O) groups excluding carboxylic acids is 1. The number of rotatable bonds is 6. The molecule has 1 aliphatic heterocycles. The summed E-state index contributed by atoms with van der Waals surface area (Å²) in [6.45, 7) is 1.42. The first-order valence-electron chi connectivity index (χ1n) is 9.76. The SMILES string of the molecule is CN(Cc1ccc2c(c1)OCCO2)C(=O)c1ccc(Oc2ccc(Cl)cc2[N+](=O)[O-])cc1. The van der Waals surface area contributed by atoms with E-state index in [0.717, 1.165) is 5.56 Å². The smallest absolute Gasteiger partial charge is 0.313 e. The summed E-state index contributed by atoms with van der Waals surface area (Å²) in [6, 6.07) is 16.2. The van der Waals surface area contributed by atoms with Crippen molar-refractivity contribution in [2.24, 2.45) is 0 Å². The summed E-state index contributed by atoms with van der Waals surface area (Å²) in [4.78, 5) is 25.1. The molecule has 1 heterocycles. The lowest BCUT2D eigenvalue weighted by molar-refractivity contribution is -0.385. The van der Waals surface area contributed by atoms with Crippen molar-refractivity contribution in [2.75, 3.05) is 20.3 Å². The van der Waals surface area contributed by atoms with E-state index in [1.54, 1.807) is 36.2 Å². The Balaban J connectivity index is 1.43. The van der Waals surface area contributed by atoms with Crippen molar-refractivity contribution in [3.8, 4) is 23.0 Å². The molecule has 0 N–H and O–H groups in total. The van der Waals surface area contributed by atoms with Gasteiger partial charge in [0.1, 0.15) is 19.0 Å². The zero-order chi connectivity index (χ0) is 22.7. The Morgan fingerprint density at radius 2 is 1.78 bits per heavy atom. The van der Waals surface area contributed by atoms with Crippen LogP contribution < -0.4 is 14.2 Å². The Bertz CT molecular complexity index is 1170. The minimum Gasteiger partial charge on any atom is -0.486 e. The molecule has 1 aliphatic rings. The van der Waals surface area contributed by atoms with Gasteiger partial charge in [-0.05, 0) is 54.1 Å². The summed E-state index contributed by atoms with van der Waals surface area (Å²) < 4.78 is 16.7. The molecule has 0 saturated carbocycles. The van der Waals surface area contributed by atoms with Crippen molar-refractivity contribution >= 4 is 23.2 Å². The van der Waals surface area contributed by atoms with Crippen LogP contribution in [0.4, 0.5) is 5.69 Å². The molecule has 0 atom stereocenters. The van der Waals surface area contributed by atoms with Crippen LogP contribution in [0.3, 0.4) is 0 Å². The third-order valence-corrected chi connectivity index (χ3v) is 5.05. The number of hydrogen-bond acceptors (Lipinski definition) is 6. The van der Waals surface area contributed by atoms with Crippen LogP contribution in [-0.2, 0) is 6.54 Å². The molecule has 1 amide bonds. The second kappa shape index (κ2) is 9.15. The van der Waals surface area contributed by atoms with Crippen LogP contribution >= 0.6 is 11.6 Å². The van der Waals surface area contributed by atoms with E-state index in [1.165, 1.54) is 18.2 Å². The standard InChI is InChI=1S/C23H19ClN2O6/c1-25(14-15-2-8-21-22(12-15)31-11-10-30-21)23(27)16-3-6-18(7-4-16)32-20-9-5-17(24)13-19(20)26(28)29/h2-9,12-13H,10-11,14H2,1H3. The summed E-state index contributed by atoms with van der Waals surface area (Å²) in [5, 5.41) is 11.5. The number of benzene rings is 3. The summed E-state index contributed by atoms with van der Waals surface area (Å²) in [6.07, 6.45) is 0. The van der Waals surface area contributed by atoms with Gasteiger partial charge in [-0.15, -0.1) is 0 Å². The molecular formula is C23H19ClN2O6. The normalized spacial score (nSPS) is 12.2. The van der Waals surface area contributed by atoms with E-state index >= 15 is 0 Å². The van der Waals surface area contributed by atoms with E-state index in [9.17, 15) is 14.9 Å². The third-order valence-electron chi connectivity index (χ3n) is 4.82. The second-order valence-electron chi connectivity index (χ2n) is 7.13. The van der Waals surface area contributed by atoms with Gasteiger partial charge in [-0.2, -0.15) is 0 Å². The van der Waals surface area contributed by atoms with E-state index in [4.69, 9.17) is 25.8 Å². The number of hydrogen-bond donors (Lipinski definition) is 0. The van der Waals surface area contributed by atoms with E-state index in [2.05, 4.69) is 0 Å². The maximum absolute atomic E-state index is 12.8. The maximum atomic E-state index is 12.8. The highest BCUT2D eigenvalue weighted by Crippen LogP contribution is 2.34. The Morgan fingerprint density at radius 1 is 1.06 bits per heavy atom. The number of ether oxygens (including phenoxy) is 3. The van der Waals surface area contributed by atoms with Crippen molar-refractivity contribution < 1.29 is 23.9 Å². The van der Waals surface area contributed by atoms with Crippen LogP contribution in [0.15, 0.2) is 60.7 Å². The Labute approximate surface area is 189 Å². The van der Waals surface area contributed by atoms with Gasteiger partial charge in [0.25, 0.3) is 5.91 Å². The van der Waals surface area contributed by atoms with Crippen molar-refractivity contribution in [3.05, 3.63) is 86.9 Å². The highest BCUT2D eigenvalue weighted by Gasteiger charge is 2.18. The zero-order valence-corrected chi connectivity index (χ0v) is 17.9. The van der Waals surface area contributed by atoms with Crippen LogP contribution in [0.2, 0.25) is 5.02 Å². The molecule has 0 aliphatic carbocycles. The number of carbonyl (C=O) groups is 1. The first-order chi connectivity index (χ1) is 15.4. The fraction of sp³-hybridized carbons (Fsp3) is 0.174. The van der Waals surface area contributed by atoms with Crippen LogP contribution in [0.25, 0.3) is 0 Å². The number of halogens is 1. The number of fused-ring (bicyclic) bond motifs is 1. The fourth-order valence-corrected chi connectivity index (χ4v) is 3.43. The monoisotopic (exact) mass is 454 g/mol. The van der Waals surface area contributed by atoms with E-state index in [1.807, 2.05) is 18.2 Å². The van der Waals surface area contributed by atoms with Gasteiger partial charge in [-0.25, -0.2) is 0 Å². The molecule has 0 saturated heterocycles. The third kappa shape index (κ3) is 4.76. The van der Waals surface area contributed by atoms with Crippen LogP contribution in [-0.4, -0.2) is 36.0 Å². The van der Waals surface area contributed by atoms with Gasteiger partial charge in [-0.1, -0.05) is 17.7 Å². The molecule has 3 aromatic rings. The predicted molar refractivity (Wildman–Crippen MR) is 118 cm³/mol. The fourth-order valence-electron chi connectivity index (χ4n) is 3.26. The maximum Gasteiger partial charge on any atom is 0.313 e. The van der Waals surface area contributed by atoms with Gasteiger partial charge in [0.2, 0.25) is 5.75 Å². The number of amides is 1. The van der Waals surface area contributed by atoms with Crippen LogP contribution in [0.1, 0.15) is 15.9 Å². The quantitative estimate of drug-likeness (QED) is 0.381. The minimum absolute atomic E-state index is 0.0641. The zero-order valence-electron chi connectivity index (χ0n) is 17.1. The molecule has 9 heteroatoms. The second-order valence-corrected chi connectivity index (χ2v) is 7.57. The molecule has 0 spiro atoms. The van der Waals surface area contributed by atoms with Crippen molar-refractivity contribution in [2.45, 2.75) is 6.54 Å². The molecule has 0 radical (unpaired) electrons. The lowest BCUT2D eigenvalue weighted by Crippen LogP contribution is -2.26. The molecule has 8 nitrogen and oxygen atoms in total. The highest BCUT2D eigenvalue weighted by molar-refractivity contribution is 6.30. The van der Waals surface area contributed by atoms with Gasteiger partial charge in [0.05, 0.1) is 4.92 Å². The van der Waals surface area contributed by atoms with Crippen molar-refractivity contribution in [1.82, 2.24) is 4.90 Å². The molecule has 164 valence electrons. The minimum atomic E-state index is -0.564. The summed E-state index contributed by atoms with van der Waals surface area (Å²) in [5.74, 6) is 1.62. The summed E-state index contributed by atoms with van der Waals surface area (Å²) in [5.41, 5.74) is 1.14. The Morgan fingerprint density at radius 3 is 2.50 bits per heavy atom. The lowest BCUT2D eigenvalue weighted by Gasteiger charge is -2.21. The molecule has 0 unspecified atom stereocenters. The van der Waals surface area contributed by atoms with Gasteiger partial charge in [0, 0.05) is 30.2 Å². The average molecular weight is 455 g/mol. The lowest BCUT2D eigenvalue weighted by atomic mass is 10.1. The van der Waals surface area contributed by atoms with Crippen LogP contribution in [0, 0.1) is 10.1 Å². The highest BCUT2D eigenvalue weighted by atomic mass is 35.5. The van der Waals surface area contributed by atoms with Crippen LogP contribution in [0.5, 0.6) is 23.0 Å². The van der Waals surface area contributed by atoms with Gasteiger partial charge >= 0.3 is 5.69 Å². The van der Waals surface area contributed by atoms with Crippen molar-refractivity contribution in [1.29, 1.82) is 0 Å². The largest absolute Gasteiger partial charge is 0.486 e. The first-order valence-corrected chi connectivity index (χ1v) is 10.1. The molecule has 0 aromatic heterocycles. The van der Waals surface area contributed by atoms with E-state index in [0.29, 0.717) is 42.6 Å². The summed E-state index contributed by atoms with van der Waals surface area (Å²) >= 11 is 5.83. The number of nitro benzene ring substituents is 1. The first kappa shape index (κ1) is 21.5. The molecular weight excluding hydrogens is 436 g/mol. The van der Waals surface area contributed by atoms with Gasteiger partial charge in [-0.3, -0.25) is 14.9 Å². The van der Waals surface area contributed by atoms with Gasteiger partial charge in [0.15, 0.2) is 11.5 Å². The average Bonchev–Trinajstić information content (AvgIpc) is 2.80. The Kier molecular flexibility index (Phi) is 6.13. The predicted octanol–water partition coefficient (Wildman–Crippen LogP) is 5.08. The molecule has 4 rings (SSSR count). The molecule has 3 aromatic carbocycles. The van der Waals surface area contributed by atoms with E-state index < -0.39 is 4.92 Å². The molecule has 0 fully saturated rings. The summed E-state index contributed by atoms with van der Waals surface area (Å²) in [7, 11) is 1.71. The van der Waals surface area contributed by atoms with Gasteiger partial charge < -0.3 is 19.1 Å². The number of nitrogens with zero attached hydrogens (tertiary/aromatic N) is 2. The number of nitro groups is 1.